The van der Waals surface area contributed by atoms with Crippen molar-refractivity contribution in [1.82, 2.24) is 0 Å². The van der Waals surface area contributed by atoms with Gasteiger partial charge < -0.3 is 10.6 Å². The van der Waals surface area contributed by atoms with Crippen LogP contribution in [0.1, 0.15) is 13.8 Å². The fourth-order valence-corrected chi connectivity index (χ4v) is 5.34. The highest BCUT2D eigenvalue weighted by Gasteiger charge is 2.25. The van der Waals surface area contributed by atoms with Crippen molar-refractivity contribution < 1.29 is 19.2 Å². The average molecular weight is 767 g/mol. The normalized spacial score (nSPS) is 12.6. The third kappa shape index (κ3) is 9.59. The second-order valence-corrected chi connectivity index (χ2v) is 12.5. The molecule has 2 amide bonds. The lowest BCUT2D eigenvalue weighted by molar-refractivity contribution is -0.127. The summed E-state index contributed by atoms with van der Waals surface area (Å²) < 4.78 is 0. The topological polar surface area (TPSA) is 142 Å². The van der Waals surface area contributed by atoms with E-state index in [2.05, 4.69) is 31.1 Å². The van der Waals surface area contributed by atoms with Gasteiger partial charge in [0.15, 0.2) is 11.6 Å². The van der Waals surface area contributed by atoms with E-state index < -0.39 is 35.5 Å². The molecule has 0 bridgehead atoms. The third-order valence-electron chi connectivity index (χ3n) is 6.44. The van der Waals surface area contributed by atoms with E-state index in [-0.39, 0.29) is 42.8 Å². The predicted molar refractivity (Wildman–Crippen MR) is 190 cm³/mol. The molecule has 0 spiro atoms. The zero-order valence-electron chi connectivity index (χ0n) is 24.8. The number of ketones is 2. The minimum atomic E-state index is -1.46. The monoisotopic (exact) mass is 764 g/mol. The molecule has 0 radical (unpaired) electrons. The lowest BCUT2D eigenvalue weighted by Gasteiger charge is -2.14. The van der Waals surface area contributed by atoms with Crippen molar-refractivity contribution in [3.05, 3.63) is 103 Å². The number of carbonyl (C=O) groups excluding carboxylic acids is 4. The SMILES string of the molecule is CC(=O)C(N=Nc1ccc(Cl)cc1Cl)C(=O)Nc1ccc(-c2ccc(NC(=O)C(N=Nc3ccc(Cl)cc3Cl)C(C)=O)c(Cl)c2)cc1Cl. The molecule has 246 valence electrons. The van der Waals surface area contributed by atoms with E-state index >= 15 is 0 Å². The highest BCUT2D eigenvalue weighted by molar-refractivity contribution is 6.37. The molecule has 2 N–H and O–H groups in total. The lowest BCUT2D eigenvalue weighted by Crippen LogP contribution is -2.32. The molecule has 0 saturated heterocycles. The smallest absolute Gasteiger partial charge is 0.258 e. The van der Waals surface area contributed by atoms with Crippen molar-refractivity contribution in [3.8, 4) is 11.1 Å². The van der Waals surface area contributed by atoms with E-state index in [9.17, 15) is 19.2 Å². The summed E-state index contributed by atoms with van der Waals surface area (Å²) in [6, 6.07) is 15.6. The molecule has 2 atom stereocenters. The Morgan fingerprint density at radius 3 is 1.21 bits per heavy atom. The number of rotatable bonds is 11. The van der Waals surface area contributed by atoms with Gasteiger partial charge in [0.25, 0.3) is 11.8 Å². The van der Waals surface area contributed by atoms with E-state index in [1.165, 1.54) is 38.1 Å². The number of Topliss-reactive ketones (excluding diaryl/α,β-unsaturated/α-hetero) is 2. The Kier molecular flexibility index (Phi) is 12.7. The Bertz CT molecular complexity index is 1850. The third-order valence-corrected chi connectivity index (χ3v) is 8.14. The van der Waals surface area contributed by atoms with Gasteiger partial charge in [0.2, 0.25) is 12.1 Å². The van der Waals surface area contributed by atoms with Crippen LogP contribution in [0.4, 0.5) is 22.7 Å². The van der Waals surface area contributed by atoms with Gasteiger partial charge in [0, 0.05) is 10.0 Å². The van der Waals surface area contributed by atoms with E-state index in [0.29, 0.717) is 21.2 Å². The first-order valence-corrected chi connectivity index (χ1v) is 15.9. The maximum absolute atomic E-state index is 12.9. The summed E-state index contributed by atoms with van der Waals surface area (Å²) in [5.74, 6) is -2.62. The number of halogens is 6. The summed E-state index contributed by atoms with van der Waals surface area (Å²) >= 11 is 36.9. The maximum Gasteiger partial charge on any atom is 0.258 e. The van der Waals surface area contributed by atoms with Crippen molar-refractivity contribution in [2.75, 3.05) is 10.6 Å². The van der Waals surface area contributed by atoms with Gasteiger partial charge in [-0.3, -0.25) is 19.2 Å². The molecule has 48 heavy (non-hydrogen) atoms. The number of amides is 2. The number of nitrogens with zero attached hydrogens (tertiary/aromatic N) is 4. The van der Waals surface area contributed by atoms with Crippen LogP contribution in [0.3, 0.4) is 0 Å². The molecular formula is C32H22Cl6N6O4. The Morgan fingerprint density at radius 2 is 0.896 bits per heavy atom. The van der Waals surface area contributed by atoms with Crippen molar-refractivity contribution in [1.29, 1.82) is 0 Å². The first kappa shape index (κ1) is 36.9. The van der Waals surface area contributed by atoms with Crippen LogP contribution in [0.2, 0.25) is 30.1 Å². The molecule has 10 nitrogen and oxygen atoms in total. The van der Waals surface area contributed by atoms with Crippen LogP contribution in [-0.4, -0.2) is 35.5 Å². The molecule has 0 fully saturated rings. The largest absolute Gasteiger partial charge is 0.322 e. The fourth-order valence-electron chi connectivity index (χ4n) is 4.00. The van der Waals surface area contributed by atoms with E-state index in [1.807, 2.05) is 0 Å². The molecule has 4 aromatic rings. The van der Waals surface area contributed by atoms with E-state index in [4.69, 9.17) is 69.6 Å². The second kappa shape index (κ2) is 16.5. The molecule has 0 aromatic heterocycles. The zero-order valence-corrected chi connectivity index (χ0v) is 29.3. The van der Waals surface area contributed by atoms with Crippen molar-refractivity contribution in [2.24, 2.45) is 20.5 Å². The molecule has 0 saturated carbocycles. The summed E-state index contributed by atoms with van der Waals surface area (Å²) in [7, 11) is 0. The van der Waals surface area contributed by atoms with Gasteiger partial charge in [-0.25, -0.2) is 0 Å². The standard InChI is InChI=1S/C32H22Cl6N6O4/c1-15(45)29(43-41-27-9-5-19(33)13-23(27)37)31(47)39-25-7-3-17(11-21(25)35)18-4-8-26(22(36)12-18)40-32(48)30(16(2)46)44-42-28-10-6-20(34)14-24(28)38/h3-14,29-30H,1-2H3,(H,39,47)(H,40,48). The van der Waals surface area contributed by atoms with Gasteiger partial charge in [-0.1, -0.05) is 81.7 Å². The van der Waals surface area contributed by atoms with Crippen LogP contribution < -0.4 is 10.6 Å². The van der Waals surface area contributed by atoms with Gasteiger partial charge in [0.05, 0.1) is 31.5 Å². The van der Waals surface area contributed by atoms with Crippen LogP contribution in [0.5, 0.6) is 0 Å². The number of hydrogen-bond donors (Lipinski definition) is 2. The second-order valence-electron chi connectivity index (χ2n) is 10.0. The highest BCUT2D eigenvalue weighted by atomic mass is 35.5. The zero-order chi connectivity index (χ0) is 35.1. The van der Waals surface area contributed by atoms with Crippen molar-refractivity contribution >= 4 is 116 Å². The summed E-state index contributed by atoms with van der Waals surface area (Å²) in [6.07, 6.45) is 0. The van der Waals surface area contributed by atoms with Crippen LogP contribution in [-0.2, 0) is 19.2 Å². The Morgan fingerprint density at radius 1 is 0.521 bits per heavy atom. The number of hydrogen-bond acceptors (Lipinski definition) is 8. The van der Waals surface area contributed by atoms with Gasteiger partial charge in [-0.05, 0) is 85.6 Å². The first-order chi connectivity index (χ1) is 22.7. The van der Waals surface area contributed by atoms with Crippen LogP contribution in [0.25, 0.3) is 11.1 Å². The van der Waals surface area contributed by atoms with E-state index in [1.54, 1.807) is 48.5 Å². The van der Waals surface area contributed by atoms with Crippen LogP contribution in [0, 0.1) is 0 Å². The van der Waals surface area contributed by atoms with Gasteiger partial charge >= 0.3 is 0 Å². The van der Waals surface area contributed by atoms with Crippen molar-refractivity contribution in [2.45, 2.75) is 25.9 Å². The number of azo groups is 2. The Hall–Kier alpha value is -3.90. The summed E-state index contributed by atoms with van der Waals surface area (Å²) in [4.78, 5) is 50.2. The number of anilines is 2. The fraction of sp³-hybridized carbons (Fsp3) is 0.125. The molecular weight excluding hydrogens is 745 g/mol. The van der Waals surface area contributed by atoms with Gasteiger partial charge in [0.1, 0.15) is 11.4 Å². The summed E-state index contributed by atoms with van der Waals surface area (Å²) in [5.41, 5.74) is 2.14. The minimum absolute atomic E-state index is 0.157. The molecule has 2 unspecified atom stereocenters. The van der Waals surface area contributed by atoms with Crippen LogP contribution in [0.15, 0.2) is 93.3 Å². The quantitative estimate of drug-likeness (QED) is 0.116. The molecule has 0 aliphatic heterocycles. The number of benzene rings is 4. The van der Waals surface area contributed by atoms with Gasteiger partial charge in [-0.15, -0.1) is 0 Å². The summed E-state index contributed by atoms with van der Waals surface area (Å²) in [5, 5.41) is 22.3. The number of carbonyl (C=O) groups is 4. The van der Waals surface area contributed by atoms with E-state index in [0.717, 1.165) is 0 Å². The maximum atomic E-state index is 12.9. The highest BCUT2D eigenvalue weighted by Crippen LogP contribution is 2.34. The average Bonchev–Trinajstić information content (AvgIpc) is 3.01. The van der Waals surface area contributed by atoms with Gasteiger partial charge in [-0.2, -0.15) is 20.5 Å². The predicted octanol–water partition coefficient (Wildman–Crippen LogP) is 10.6. The summed E-state index contributed by atoms with van der Waals surface area (Å²) in [6.45, 7) is 2.41. The van der Waals surface area contributed by atoms with Crippen LogP contribution >= 0.6 is 69.6 Å². The minimum Gasteiger partial charge on any atom is -0.322 e. The molecule has 0 aliphatic carbocycles. The molecule has 4 rings (SSSR count). The molecule has 0 heterocycles. The lowest BCUT2D eigenvalue weighted by atomic mass is 10.0. The Labute approximate surface area is 304 Å². The number of nitrogens with one attached hydrogen (secondary N) is 2. The molecule has 4 aromatic carbocycles. The molecule has 0 aliphatic rings. The Balaban J connectivity index is 1.46. The molecule has 16 heteroatoms. The first-order valence-electron chi connectivity index (χ1n) is 13.7. The van der Waals surface area contributed by atoms with Crippen molar-refractivity contribution in [3.63, 3.8) is 0 Å².